The number of carbonyl (C=O) groups excluding carboxylic acids is 1. The van der Waals surface area contributed by atoms with Crippen molar-refractivity contribution in [1.29, 1.82) is 0 Å². The van der Waals surface area contributed by atoms with E-state index in [4.69, 9.17) is 14.2 Å². The van der Waals surface area contributed by atoms with Gasteiger partial charge in [-0.15, -0.1) is 0 Å². The van der Waals surface area contributed by atoms with Crippen LogP contribution in [0.1, 0.15) is 12.5 Å². The van der Waals surface area contributed by atoms with Crippen molar-refractivity contribution in [2.45, 2.75) is 32.6 Å². The molecule has 1 rings (SSSR count). The van der Waals surface area contributed by atoms with Crippen molar-refractivity contribution in [2.75, 3.05) is 20.0 Å². The van der Waals surface area contributed by atoms with Crippen LogP contribution in [0.2, 0.25) is 25.7 Å². The van der Waals surface area contributed by atoms with Crippen LogP contribution < -0.4 is 4.74 Å². The van der Waals surface area contributed by atoms with Gasteiger partial charge in [0.25, 0.3) is 0 Å². The molecule has 1 aromatic carbocycles. The minimum absolute atomic E-state index is 0.0170. The number of hydrogen-bond donors (Lipinski definition) is 0. The van der Waals surface area contributed by atoms with Crippen LogP contribution in [0.15, 0.2) is 22.7 Å². The molecule has 1 aromatic rings. The van der Waals surface area contributed by atoms with Gasteiger partial charge in [0.2, 0.25) is 0 Å². The van der Waals surface area contributed by atoms with Crippen LogP contribution in [0.5, 0.6) is 5.75 Å². The molecular formula is C17H24BrFO4Si. The topological polar surface area (TPSA) is 44.8 Å². The van der Waals surface area contributed by atoms with E-state index in [1.165, 1.54) is 18.2 Å². The van der Waals surface area contributed by atoms with Crippen LogP contribution in [0.3, 0.4) is 0 Å². The molecule has 0 saturated heterocycles. The first-order valence-electron chi connectivity index (χ1n) is 7.77. The van der Waals surface area contributed by atoms with Crippen LogP contribution in [0.25, 0.3) is 6.08 Å². The zero-order valence-corrected chi connectivity index (χ0v) is 17.1. The molecule has 0 spiro atoms. The third-order valence-corrected chi connectivity index (χ3v) is 5.27. The standard InChI is InChI=1S/C17H24BrFO4Si/c1-5-22-17(20)14(18)10-13-6-7-16(15(19)11-13)23-12-21-8-9-24(2,3)4/h6-7,10-11H,5,8-9,12H2,1-4H3. The number of benzene rings is 1. The molecule has 7 heteroatoms. The van der Waals surface area contributed by atoms with E-state index in [2.05, 4.69) is 35.6 Å². The number of halogens is 2. The highest BCUT2D eigenvalue weighted by Crippen LogP contribution is 2.21. The molecule has 0 unspecified atom stereocenters. The van der Waals surface area contributed by atoms with Gasteiger partial charge in [0, 0.05) is 14.7 Å². The second-order valence-electron chi connectivity index (χ2n) is 6.38. The van der Waals surface area contributed by atoms with Crippen molar-refractivity contribution < 1.29 is 23.4 Å². The minimum Gasteiger partial charge on any atom is -0.464 e. The molecule has 24 heavy (non-hydrogen) atoms. The third-order valence-electron chi connectivity index (χ3n) is 3.01. The summed E-state index contributed by atoms with van der Waals surface area (Å²) in [5, 5.41) is 0. The van der Waals surface area contributed by atoms with Crippen molar-refractivity contribution in [3.05, 3.63) is 34.1 Å². The summed E-state index contributed by atoms with van der Waals surface area (Å²) in [4.78, 5) is 11.5. The van der Waals surface area contributed by atoms with Crippen LogP contribution in [-0.4, -0.2) is 34.0 Å². The molecule has 0 aromatic heterocycles. The molecule has 134 valence electrons. The van der Waals surface area contributed by atoms with Crippen LogP contribution in [0.4, 0.5) is 4.39 Å². The molecule has 0 bridgehead atoms. The predicted molar refractivity (Wildman–Crippen MR) is 99.5 cm³/mol. The Morgan fingerprint density at radius 3 is 2.62 bits per heavy atom. The number of rotatable bonds is 9. The maximum Gasteiger partial charge on any atom is 0.345 e. The number of esters is 1. The van der Waals surface area contributed by atoms with E-state index < -0.39 is 19.9 Å². The maximum absolute atomic E-state index is 14.0. The quantitative estimate of drug-likeness (QED) is 0.189. The summed E-state index contributed by atoms with van der Waals surface area (Å²) < 4.78 is 29.8. The van der Waals surface area contributed by atoms with E-state index in [0.29, 0.717) is 12.2 Å². The van der Waals surface area contributed by atoms with Gasteiger partial charge in [-0.1, -0.05) is 25.7 Å². The minimum atomic E-state index is -1.14. The van der Waals surface area contributed by atoms with Crippen molar-refractivity contribution in [2.24, 2.45) is 0 Å². The lowest BCUT2D eigenvalue weighted by atomic mass is 10.2. The summed E-state index contributed by atoms with van der Waals surface area (Å²) in [7, 11) is -1.14. The van der Waals surface area contributed by atoms with Crippen molar-refractivity contribution in [1.82, 2.24) is 0 Å². The van der Waals surface area contributed by atoms with E-state index in [9.17, 15) is 9.18 Å². The average Bonchev–Trinajstić information content (AvgIpc) is 2.48. The molecule has 0 aliphatic rings. The number of carbonyl (C=O) groups is 1. The van der Waals surface area contributed by atoms with Crippen LogP contribution in [-0.2, 0) is 14.3 Å². The van der Waals surface area contributed by atoms with E-state index in [-0.39, 0.29) is 23.6 Å². The fraction of sp³-hybridized carbons (Fsp3) is 0.471. The summed E-state index contributed by atoms with van der Waals surface area (Å²) >= 11 is 3.12. The molecule has 0 N–H and O–H groups in total. The van der Waals surface area contributed by atoms with Gasteiger partial charge in [0.1, 0.15) is 4.48 Å². The van der Waals surface area contributed by atoms with Crippen molar-refractivity contribution in [3.8, 4) is 5.75 Å². The fourth-order valence-electron chi connectivity index (χ4n) is 1.67. The van der Waals surface area contributed by atoms with E-state index >= 15 is 0 Å². The predicted octanol–water partition coefficient (Wildman–Crippen LogP) is 4.82. The SMILES string of the molecule is CCOC(=O)C(Br)=Cc1ccc(OCOCC[Si](C)(C)C)c(F)c1. The zero-order valence-electron chi connectivity index (χ0n) is 14.5. The zero-order chi connectivity index (χ0) is 18.2. The van der Waals surface area contributed by atoms with Crippen molar-refractivity contribution in [3.63, 3.8) is 0 Å². The first-order chi connectivity index (χ1) is 11.2. The molecule has 0 fully saturated rings. The lowest BCUT2D eigenvalue weighted by Crippen LogP contribution is -2.22. The lowest BCUT2D eigenvalue weighted by Gasteiger charge is -2.15. The van der Waals surface area contributed by atoms with Gasteiger partial charge in [-0.3, -0.25) is 0 Å². The monoisotopic (exact) mass is 418 g/mol. The second-order valence-corrected chi connectivity index (χ2v) is 12.9. The van der Waals surface area contributed by atoms with Gasteiger partial charge in [-0.05, 0) is 52.7 Å². The molecule has 4 nitrogen and oxygen atoms in total. The molecule has 0 radical (unpaired) electrons. The van der Waals surface area contributed by atoms with Crippen LogP contribution in [0, 0.1) is 5.82 Å². The fourth-order valence-corrected chi connectivity index (χ4v) is 2.81. The Balaban J connectivity index is 2.56. The van der Waals surface area contributed by atoms with Gasteiger partial charge in [-0.2, -0.15) is 0 Å². The van der Waals surface area contributed by atoms with Crippen molar-refractivity contribution >= 4 is 36.0 Å². The Morgan fingerprint density at radius 1 is 1.33 bits per heavy atom. The Kier molecular flexibility index (Phi) is 8.65. The number of ether oxygens (including phenoxy) is 3. The Bertz CT molecular complexity index is 584. The van der Waals surface area contributed by atoms with Crippen LogP contribution >= 0.6 is 15.9 Å². The molecule has 0 amide bonds. The molecule has 0 heterocycles. The first-order valence-corrected chi connectivity index (χ1v) is 12.3. The summed E-state index contributed by atoms with van der Waals surface area (Å²) in [6.45, 7) is 9.41. The van der Waals surface area contributed by atoms with Gasteiger partial charge < -0.3 is 14.2 Å². The first kappa shape index (κ1) is 20.9. The molecular weight excluding hydrogens is 395 g/mol. The molecule has 0 saturated carbocycles. The highest BCUT2D eigenvalue weighted by molar-refractivity contribution is 9.12. The molecule has 0 aliphatic heterocycles. The highest BCUT2D eigenvalue weighted by Gasteiger charge is 2.12. The van der Waals surface area contributed by atoms with Gasteiger partial charge in [-0.25, -0.2) is 9.18 Å². The smallest absolute Gasteiger partial charge is 0.345 e. The summed E-state index contributed by atoms with van der Waals surface area (Å²) in [5.74, 6) is -0.886. The van der Waals surface area contributed by atoms with E-state index in [1.54, 1.807) is 13.0 Å². The number of hydrogen-bond acceptors (Lipinski definition) is 4. The van der Waals surface area contributed by atoms with Gasteiger partial charge in [0.05, 0.1) is 6.61 Å². The largest absolute Gasteiger partial charge is 0.464 e. The Hall–Kier alpha value is -1.18. The second kappa shape index (κ2) is 9.96. The molecule has 0 aliphatic carbocycles. The van der Waals surface area contributed by atoms with Gasteiger partial charge >= 0.3 is 5.97 Å². The average molecular weight is 419 g/mol. The Labute approximate surface area is 152 Å². The summed E-state index contributed by atoms with van der Waals surface area (Å²) in [6, 6.07) is 5.48. The van der Waals surface area contributed by atoms with E-state index in [1.807, 2.05) is 0 Å². The maximum atomic E-state index is 14.0. The lowest BCUT2D eigenvalue weighted by molar-refractivity contribution is -0.137. The Morgan fingerprint density at radius 2 is 2.04 bits per heavy atom. The summed E-state index contributed by atoms with van der Waals surface area (Å²) in [6.07, 6.45) is 1.50. The van der Waals surface area contributed by atoms with E-state index in [0.717, 1.165) is 6.04 Å². The highest BCUT2D eigenvalue weighted by atomic mass is 79.9. The normalized spacial score (nSPS) is 12.2. The third kappa shape index (κ3) is 8.08. The summed E-state index contributed by atoms with van der Waals surface area (Å²) in [5.41, 5.74) is 0.527. The molecule has 0 atom stereocenters. The van der Waals surface area contributed by atoms with Gasteiger partial charge in [0.15, 0.2) is 18.4 Å².